The molecule has 0 atom stereocenters. The molecule has 2 aromatic heterocycles. The Hall–Kier alpha value is -2.86. The fourth-order valence-electron chi connectivity index (χ4n) is 3.09. The van der Waals surface area contributed by atoms with Crippen LogP contribution in [0.25, 0.3) is 5.69 Å². The molecule has 1 fully saturated rings. The van der Waals surface area contributed by atoms with E-state index in [4.69, 9.17) is 4.42 Å². The summed E-state index contributed by atoms with van der Waals surface area (Å²) in [6.45, 7) is 2.97. The topological polar surface area (TPSA) is 63.3 Å². The molecule has 3 aromatic rings. The molecule has 1 aliphatic rings. The summed E-state index contributed by atoms with van der Waals surface area (Å²) in [5.74, 6) is 0.918. The lowest BCUT2D eigenvalue weighted by Gasteiger charge is -2.11. The van der Waals surface area contributed by atoms with E-state index in [1.807, 2.05) is 42.6 Å². The molecule has 4 rings (SSSR count). The number of aromatic nitrogens is 2. The fraction of sp³-hybridized carbons (Fsp3) is 0.263. The van der Waals surface area contributed by atoms with E-state index < -0.39 is 0 Å². The average Bonchev–Trinajstić information content (AvgIpc) is 3.38. The van der Waals surface area contributed by atoms with Crippen molar-refractivity contribution in [3.05, 3.63) is 66.4 Å². The second kappa shape index (κ2) is 6.94. The monoisotopic (exact) mass is 336 g/mol. The van der Waals surface area contributed by atoms with Gasteiger partial charge in [-0.25, -0.2) is 4.68 Å². The van der Waals surface area contributed by atoms with Crippen LogP contribution in [0.1, 0.15) is 29.2 Å². The first-order chi connectivity index (χ1) is 12.3. The van der Waals surface area contributed by atoms with Gasteiger partial charge in [-0.2, -0.15) is 5.10 Å². The van der Waals surface area contributed by atoms with Crippen molar-refractivity contribution >= 4 is 11.6 Å². The molecule has 1 aromatic carbocycles. The third-order valence-corrected chi connectivity index (χ3v) is 4.34. The van der Waals surface area contributed by atoms with E-state index in [0.717, 1.165) is 31.1 Å². The first kappa shape index (κ1) is 15.7. The van der Waals surface area contributed by atoms with Gasteiger partial charge >= 0.3 is 0 Å². The van der Waals surface area contributed by atoms with Crippen LogP contribution in [0, 0.1) is 0 Å². The molecular formula is C19H20N4O2. The van der Waals surface area contributed by atoms with Gasteiger partial charge in [-0.05, 0) is 62.3 Å². The maximum Gasteiger partial charge on any atom is 0.291 e. The van der Waals surface area contributed by atoms with Crippen molar-refractivity contribution in [3.63, 3.8) is 0 Å². The van der Waals surface area contributed by atoms with Gasteiger partial charge in [-0.15, -0.1) is 0 Å². The van der Waals surface area contributed by atoms with Crippen LogP contribution in [0.2, 0.25) is 0 Å². The Morgan fingerprint density at radius 3 is 2.84 bits per heavy atom. The molecule has 1 N–H and O–H groups in total. The normalized spacial score (nSPS) is 14.7. The number of likely N-dealkylation sites (tertiary alicyclic amines) is 1. The number of hydrogen-bond acceptors (Lipinski definition) is 4. The summed E-state index contributed by atoms with van der Waals surface area (Å²) in [7, 11) is 0. The smallest absolute Gasteiger partial charge is 0.291 e. The maximum atomic E-state index is 12.4. The van der Waals surface area contributed by atoms with Crippen molar-refractivity contribution in [1.82, 2.24) is 14.7 Å². The zero-order chi connectivity index (χ0) is 17.1. The summed E-state index contributed by atoms with van der Waals surface area (Å²) in [5, 5.41) is 7.08. The summed E-state index contributed by atoms with van der Waals surface area (Å²) in [4.78, 5) is 14.8. The number of anilines is 1. The zero-order valence-electron chi connectivity index (χ0n) is 13.9. The molecule has 0 aliphatic carbocycles. The van der Waals surface area contributed by atoms with E-state index in [1.54, 1.807) is 16.9 Å². The van der Waals surface area contributed by atoms with Gasteiger partial charge in [0, 0.05) is 18.1 Å². The van der Waals surface area contributed by atoms with Crippen molar-refractivity contribution in [2.24, 2.45) is 0 Å². The van der Waals surface area contributed by atoms with Crippen molar-refractivity contribution in [1.29, 1.82) is 0 Å². The zero-order valence-corrected chi connectivity index (χ0v) is 13.9. The molecule has 6 nitrogen and oxygen atoms in total. The molecular weight excluding hydrogens is 316 g/mol. The molecule has 6 heteroatoms. The predicted molar refractivity (Wildman–Crippen MR) is 94.7 cm³/mol. The maximum absolute atomic E-state index is 12.4. The Balaban J connectivity index is 1.43. The summed E-state index contributed by atoms with van der Waals surface area (Å²) in [6.07, 6.45) is 6.05. The highest BCUT2D eigenvalue weighted by molar-refractivity contribution is 6.02. The minimum atomic E-state index is -0.245. The van der Waals surface area contributed by atoms with Crippen LogP contribution in [-0.4, -0.2) is 33.7 Å². The van der Waals surface area contributed by atoms with Crippen molar-refractivity contribution in [3.8, 4) is 5.69 Å². The lowest BCUT2D eigenvalue weighted by Crippen LogP contribution is -2.18. The van der Waals surface area contributed by atoms with E-state index >= 15 is 0 Å². The van der Waals surface area contributed by atoms with E-state index in [9.17, 15) is 4.79 Å². The Morgan fingerprint density at radius 2 is 2.04 bits per heavy atom. The highest BCUT2D eigenvalue weighted by atomic mass is 16.4. The van der Waals surface area contributed by atoms with Gasteiger partial charge in [-0.1, -0.05) is 6.07 Å². The molecule has 1 amide bonds. The Kier molecular flexibility index (Phi) is 4.35. The minimum Gasteiger partial charge on any atom is -0.455 e. The van der Waals surface area contributed by atoms with Gasteiger partial charge < -0.3 is 9.73 Å². The average molecular weight is 336 g/mol. The number of carbonyl (C=O) groups is 1. The van der Waals surface area contributed by atoms with Crippen LogP contribution in [0.15, 0.2) is 59.3 Å². The molecule has 3 heterocycles. The number of carbonyl (C=O) groups excluding carboxylic acids is 1. The molecule has 0 radical (unpaired) electrons. The highest BCUT2D eigenvalue weighted by Crippen LogP contribution is 2.18. The van der Waals surface area contributed by atoms with Crippen LogP contribution in [-0.2, 0) is 6.54 Å². The predicted octanol–water partition coefficient (Wildman–Crippen LogP) is 3.31. The van der Waals surface area contributed by atoms with Gasteiger partial charge in [-0.3, -0.25) is 9.69 Å². The van der Waals surface area contributed by atoms with Gasteiger partial charge in [0.05, 0.1) is 12.2 Å². The number of rotatable bonds is 5. The highest BCUT2D eigenvalue weighted by Gasteiger charge is 2.16. The summed E-state index contributed by atoms with van der Waals surface area (Å²) in [6, 6.07) is 13.0. The van der Waals surface area contributed by atoms with Crippen molar-refractivity contribution in [2.45, 2.75) is 19.4 Å². The Bertz CT molecular complexity index is 848. The van der Waals surface area contributed by atoms with Gasteiger partial charge in [0.25, 0.3) is 5.91 Å². The SMILES string of the molecule is O=C(Nc1cccc(-n2cccn2)c1)c1ccc(CN2CCCC2)o1. The van der Waals surface area contributed by atoms with Crippen LogP contribution >= 0.6 is 0 Å². The molecule has 1 aliphatic heterocycles. The number of benzene rings is 1. The first-order valence-electron chi connectivity index (χ1n) is 8.50. The molecule has 0 spiro atoms. The van der Waals surface area contributed by atoms with E-state index in [1.165, 1.54) is 12.8 Å². The minimum absolute atomic E-state index is 0.245. The number of hydrogen-bond donors (Lipinski definition) is 1. The molecule has 128 valence electrons. The largest absolute Gasteiger partial charge is 0.455 e. The standard InChI is InChI=1S/C19H20N4O2/c24-19(18-8-7-17(25-18)14-22-10-1-2-11-22)21-15-5-3-6-16(13-15)23-12-4-9-20-23/h3-9,12-13H,1-2,10-11,14H2,(H,21,24). The molecule has 0 unspecified atom stereocenters. The quantitative estimate of drug-likeness (QED) is 0.776. The van der Waals surface area contributed by atoms with Gasteiger partial charge in [0.2, 0.25) is 0 Å². The van der Waals surface area contributed by atoms with Crippen LogP contribution in [0.4, 0.5) is 5.69 Å². The lowest BCUT2D eigenvalue weighted by atomic mass is 10.2. The number of nitrogens with one attached hydrogen (secondary N) is 1. The van der Waals surface area contributed by atoms with Crippen molar-refractivity contribution in [2.75, 3.05) is 18.4 Å². The van der Waals surface area contributed by atoms with Crippen LogP contribution in [0.5, 0.6) is 0 Å². The van der Waals surface area contributed by atoms with Crippen molar-refractivity contribution < 1.29 is 9.21 Å². The third kappa shape index (κ3) is 3.64. The second-order valence-corrected chi connectivity index (χ2v) is 6.20. The summed E-state index contributed by atoms with van der Waals surface area (Å²) in [5.41, 5.74) is 1.59. The van der Waals surface area contributed by atoms with Crippen LogP contribution < -0.4 is 5.32 Å². The van der Waals surface area contributed by atoms with E-state index in [2.05, 4.69) is 15.3 Å². The molecule has 1 saturated heterocycles. The third-order valence-electron chi connectivity index (χ3n) is 4.34. The van der Waals surface area contributed by atoms with Gasteiger partial charge in [0.1, 0.15) is 5.76 Å². The summed E-state index contributed by atoms with van der Waals surface area (Å²) < 4.78 is 7.46. The van der Waals surface area contributed by atoms with Crippen LogP contribution in [0.3, 0.4) is 0 Å². The molecule has 0 bridgehead atoms. The lowest BCUT2D eigenvalue weighted by molar-refractivity contribution is 0.0993. The Labute approximate surface area is 146 Å². The van der Waals surface area contributed by atoms with E-state index in [0.29, 0.717) is 11.4 Å². The first-order valence-corrected chi connectivity index (χ1v) is 8.50. The number of nitrogens with zero attached hydrogens (tertiary/aromatic N) is 3. The second-order valence-electron chi connectivity index (χ2n) is 6.20. The van der Waals surface area contributed by atoms with Gasteiger partial charge in [0.15, 0.2) is 5.76 Å². The van der Waals surface area contributed by atoms with E-state index in [-0.39, 0.29) is 5.91 Å². The number of amides is 1. The fourth-order valence-corrected chi connectivity index (χ4v) is 3.09. The Morgan fingerprint density at radius 1 is 1.16 bits per heavy atom. The summed E-state index contributed by atoms with van der Waals surface area (Å²) >= 11 is 0. The molecule has 25 heavy (non-hydrogen) atoms. The number of furan rings is 1. The molecule has 0 saturated carbocycles.